The van der Waals surface area contributed by atoms with E-state index in [0.717, 1.165) is 42.4 Å². The SMILES string of the molecule is CC(C(=O)Nc1cccc2ccccc12)N1CCC(NC(=O)c2ccccc2)CC1. The van der Waals surface area contributed by atoms with E-state index < -0.39 is 0 Å². The van der Waals surface area contributed by atoms with E-state index in [1.54, 1.807) is 0 Å². The van der Waals surface area contributed by atoms with E-state index in [9.17, 15) is 9.59 Å². The van der Waals surface area contributed by atoms with Crippen molar-refractivity contribution in [2.75, 3.05) is 18.4 Å². The van der Waals surface area contributed by atoms with Crippen LogP contribution in [0, 0.1) is 0 Å². The lowest BCUT2D eigenvalue weighted by Crippen LogP contribution is -2.50. The Morgan fingerprint density at radius 2 is 1.57 bits per heavy atom. The van der Waals surface area contributed by atoms with Crippen LogP contribution in [0.5, 0.6) is 0 Å². The average molecular weight is 402 g/mol. The summed E-state index contributed by atoms with van der Waals surface area (Å²) in [7, 11) is 0. The maximum atomic E-state index is 12.9. The Balaban J connectivity index is 1.32. The molecule has 3 aromatic carbocycles. The molecule has 30 heavy (non-hydrogen) atoms. The molecule has 5 nitrogen and oxygen atoms in total. The topological polar surface area (TPSA) is 61.4 Å². The summed E-state index contributed by atoms with van der Waals surface area (Å²) in [5.74, 6) is -0.0334. The van der Waals surface area contributed by atoms with Crippen molar-refractivity contribution in [3.63, 3.8) is 0 Å². The first kappa shape index (κ1) is 20.1. The van der Waals surface area contributed by atoms with Crippen LogP contribution in [-0.4, -0.2) is 41.9 Å². The summed E-state index contributed by atoms with van der Waals surface area (Å²) in [5, 5.41) is 8.37. The van der Waals surface area contributed by atoms with Gasteiger partial charge in [-0.15, -0.1) is 0 Å². The first-order valence-electron chi connectivity index (χ1n) is 10.5. The second-order valence-corrected chi connectivity index (χ2v) is 7.84. The number of hydrogen-bond donors (Lipinski definition) is 2. The molecule has 1 atom stereocenters. The van der Waals surface area contributed by atoms with Crippen LogP contribution in [-0.2, 0) is 4.79 Å². The fraction of sp³-hybridized carbons (Fsp3) is 0.280. The fourth-order valence-electron chi connectivity index (χ4n) is 4.03. The van der Waals surface area contributed by atoms with Crippen LogP contribution >= 0.6 is 0 Å². The molecular weight excluding hydrogens is 374 g/mol. The Kier molecular flexibility index (Phi) is 6.10. The standard InChI is InChI=1S/C25H27N3O2/c1-18(24(29)27-23-13-7-11-19-8-5-6-12-22(19)23)28-16-14-21(15-17-28)26-25(30)20-9-3-2-4-10-20/h2-13,18,21H,14-17H2,1H3,(H,26,30)(H,27,29). The van der Waals surface area contributed by atoms with E-state index in [0.29, 0.717) is 5.56 Å². The molecule has 0 aliphatic carbocycles. The molecule has 1 fully saturated rings. The molecule has 0 radical (unpaired) electrons. The van der Waals surface area contributed by atoms with Gasteiger partial charge in [0.25, 0.3) is 5.91 Å². The third-order valence-corrected chi connectivity index (χ3v) is 5.88. The monoisotopic (exact) mass is 401 g/mol. The van der Waals surface area contributed by atoms with E-state index in [4.69, 9.17) is 0 Å². The lowest BCUT2D eigenvalue weighted by Gasteiger charge is -2.35. The minimum Gasteiger partial charge on any atom is -0.349 e. The number of benzene rings is 3. The molecule has 1 saturated heterocycles. The maximum Gasteiger partial charge on any atom is 0.251 e. The summed E-state index contributed by atoms with van der Waals surface area (Å²) in [6.45, 7) is 3.51. The summed E-state index contributed by atoms with van der Waals surface area (Å²) < 4.78 is 0. The van der Waals surface area contributed by atoms with Crippen molar-refractivity contribution in [3.8, 4) is 0 Å². The zero-order valence-corrected chi connectivity index (χ0v) is 17.2. The van der Waals surface area contributed by atoms with Gasteiger partial charge in [-0.25, -0.2) is 0 Å². The highest BCUT2D eigenvalue weighted by molar-refractivity contribution is 6.03. The Morgan fingerprint density at radius 1 is 0.900 bits per heavy atom. The third-order valence-electron chi connectivity index (χ3n) is 5.88. The molecule has 1 unspecified atom stereocenters. The van der Waals surface area contributed by atoms with Crippen LogP contribution < -0.4 is 10.6 Å². The summed E-state index contributed by atoms with van der Waals surface area (Å²) in [5.41, 5.74) is 1.53. The number of nitrogens with one attached hydrogen (secondary N) is 2. The van der Waals surface area contributed by atoms with Crippen LogP contribution in [0.4, 0.5) is 5.69 Å². The number of hydrogen-bond acceptors (Lipinski definition) is 3. The number of piperidine rings is 1. The molecular formula is C25H27N3O2. The molecule has 1 aliphatic heterocycles. The summed E-state index contributed by atoms with van der Waals surface area (Å²) in [6.07, 6.45) is 1.68. The van der Waals surface area contributed by atoms with Gasteiger partial charge in [0, 0.05) is 35.8 Å². The number of carbonyl (C=O) groups excluding carboxylic acids is 2. The molecule has 5 heteroatoms. The van der Waals surface area contributed by atoms with Gasteiger partial charge < -0.3 is 10.6 Å². The molecule has 0 spiro atoms. The highest BCUT2D eigenvalue weighted by Gasteiger charge is 2.27. The van der Waals surface area contributed by atoms with Crippen molar-refractivity contribution in [2.45, 2.75) is 31.8 Å². The van der Waals surface area contributed by atoms with Crippen LogP contribution in [0.2, 0.25) is 0 Å². The van der Waals surface area contributed by atoms with E-state index in [2.05, 4.69) is 15.5 Å². The number of rotatable bonds is 5. The second-order valence-electron chi connectivity index (χ2n) is 7.84. The maximum absolute atomic E-state index is 12.9. The molecule has 0 bridgehead atoms. The van der Waals surface area contributed by atoms with E-state index in [1.165, 1.54) is 0 Å². The van der Waals surface area contributed by atoms with Crippen LogP contribution in [0.25, 0.3) is 10.8 Å². The lowest BCUT2D eigenvalue weighted by atomic mass is 10.0. The number of amides is 2. The van der Waals surface area contributed by atoms with Crippen molar-refractivity contribution in [3.05, 3.63) is 78.4 Å². The van der Waals surface area contributed by atoms with Crippen LogP contribution in [0.1, 0.15) is 30.1 Å². The van der Waals surface area contributed by atoms with Crippen molar-refractivity contribution < 1.29 is 9.59 Å². The van der Waals surface area contributed by atoms with Gasteiger partial charge in [0.1, 0.15) is 0 Å². The van der Waals surface area contributed by atoms with Gasteiger partial charge >= 0.3 is 0 Å². The Bertz CT molecular complexity index is 1020. The van der Waals surface area contributed by atoms with Crippen molar-refractivity contribution >= 4 is 28.3 Å². The minimum atomic E-state index is -0.227. The predicted molar refractivity (Wildman–Crippen MR) is 121 cm³/mol. The summed E-state index contributed by atoms with van der Waals surface area (Å²) in [6, 6.07) is 23.2. The first-order chi connectivity index (χ1) is 14.6. The van der Waals surface area contributed by atoms with Crippen LogP contribution in [0.3, 0.4) is 0 Å². The highest BCUT2D eigenvalue weighted by atomic mass is 16.2. The van der Waals surface area contributed by atoms with Gasteiger partial charge in [0.2, 0.25) is 5.91 Å². The minimum absolute atomic E-state index is 0.00174. The average Bonchev–Trinajstić information content (AvgIpc) is 2.80. The summed E-state index contributed by atoms with van der Waals surface area (Å²) in [4.78, 5) is 27.4. The van der Waals surface area contributed by atoms with Gasteiger partial charge in [0.05, 0.1) is 6.04 Å². The number of anilines is 1. The third kappa shape index (κ3) is 4.52. The Labute approximate surface area is 177 Å². The van der Waals surface area contributed by atoms with Crippen LogP contribution in [0.15, 0.2) is 72.8 Å². The quantitative estimate of drug-likeness (QED) is 0.678. The smallest absolute Gasteiger partial charge is 0.251 e. The molecule has 1 heterocycles. The van der Waals surface area contributed by atoms with E-state index in [-0.39, 0.29) is 23.9 Å². The summed E-state index contributed by atoms with van der Waals surface area (Å²) >= 11 is 0. The van der Waals surface area contributed by atoms with Crippen molar-refractivity contribution in [1.82, 2.24) is 10.2 Å². The lowest BCUT2D eigenvalue weighted by molar-refractivity contribution is -0.121. The van der Waals surface area contributed by atoms with Gasteiger partial charge in [-0.1, -0.05) is 54.6 Å². The Hall–Kier alpha value is -3.18. The van der Waals surface area contributed by atoms with Gasteiger partial charge in [-0.05, 0) is 43.4 Å². The van der Waals surface area contributed by atoms with Gasteiger partial charge in [-0.2, -0.15) is 0 Å². The Morgan fingerprint density at radius 3 is 2.33 bits per heavy atom. The predicted octanol–water partition coefficient (Wildman–Crippen LogP) is 4.06. The molecule has 0 aromatic heterocycles. The largest absolute Gasteiger partial charge is 0.349 e. The fourth-order valence-corrected chi connectivity index (χ4v) is 4.03. The first-order valence-corrected chi connectivity index (χ1v) is 10.5. The molecule has 4 rings (SSSR count). The second kappa shape index (κ2) is 9.09. The van der Waals surface area contributed by atoms with E-state index in [1.807, 2.05) is 79.7 Å². The highest BCUT2D eigenvalue weighted by Crippen LogP contribution is 2.24. The number of fused-ring (bicyclic) bond motifs is 1. The van der Waals surface area contributed by atoms with Crippen molar-refractivity contribution in [2.24, 2.45) is 0 Å². The zero-order valence-electron chi connectivity index (χ0n) is 17.2. The van der Waals surface area contributed by atoms with Gasteiger partial charge in [-0.3, -0.25) is 14.5 Å². The molecule has 0 saturated carbocycles. The number of likely N-dealkylation sites (tertiary alicyclic amines) is 1. The number of carbonyl (C=O) groups is 2. The molecule has 154 valence electrons. The van der Waals surface area contributed by atoms with Crippen molar-refractivity contribution in [1.29, 1.82) is 0 Å². The molecule has 3 aromatic rings. The number of nitrogens with zero attached hydrogens (tertiary/aromatic N) is 1. The molecule has 1 aliphatic rings. The zero-order chi connectivity index (χ0) is 20.9. The van der Waals surface area contributed by atoms with Gasteiger partial charge in [0.15, 0.2) is 0 Å². The normalized spacial score (nSPS) is 16.2. The molecule has 2 N–H and O–H groups in total. The van der Waals surface area contributed by atoms with E-state index >= 15 is 0 Å². The molecule has 2 amide bonds.